The molecule has 1 aromatic rings. The second-order valence-electron chi connectivity index (χ2n) is 3.86. The normalized spacial score (nSPS) is 10.7. The summed E-state index contributed by atoms with van der Waals surface area (Å²) in [5.41, 5.74) is 5.34. The molecule has 0 aliphatic rings. The van der Waals surface area contributed by atoms with Crippen molar-refractivity contribution in [2.75, 3.05) is 0 Å². The van der Waals surface area contributed by atoms with E-state index in [1.54, 1.807) is 6.21 Å². The highest BCUT2D eigenvalue weighted by molar-refractivity contribution is 5.95. The summed E-state index contributed by atoms with van der Waals surface area (Å²) in [6, 6.07) is 5.75. The lowest BCUT2D eigenvalue weighted by Crippen LogP contribution is -2.18. The van der Waals surface area contributed by atoms with Gasteiger partial charge in [-0.05, 0) is 31.9 Å². The quantitative estimate of drug-likeness (QED) is 0.612. The van der Waals surface area contributed by atoms with Crippen LogP contribution in [0.25, 0.3) is 0 Å². The van der Waals surface area contributed by atoms with Gasteiger partial charge in [0.05, 0.1) is 0 Å². The van der Waals surface area contributed by atoms with Crippen molar-refractivity contribution in [3.8, 4) is 0 Å². The molecule has 16 heavy (non-hydrogen) atoms. The molecule has 0 aromatic heterocycles. The predicted molar refractivity (Wildman–Crippen MR) is 66.8 cm³/mol. The van der Waals surface area contributed by atoms with E-state index in [1.807, 2.05) is 32.0 Å². The average Bonchev–Trinajstić information content (AvgIpc) is 2.24. The number of carbonyl (C=O) groups excluding carboxylic acids is 1. The Morgan fingerprint density at radius 1 is 1.44 bits per heavy atom. The minimum Gasteiger partial charge on any atom is -0.267 e. The van der Waals surface area contributed by atoms with Gasteiger partial charge in [-0.3, -0.25) is 4.79 Å². The third-order valence-corrected chi connectivity index (χ3v) is 2.30. The first-order valence-corrected chi connectivity index (χ1v) is 5.54. The number of nitrogens with one attached hydrogen (secondary N) is 1. The fourth-order valence-electron chi connectivity index (χ4n) is 1.43. The van der Waals surface area contributed by atoms with Gasteiger partial charge in [0.1, 0.15) is 0 Å². The highest BCUT2D eigenvalue weighted by Crippen LogP contribution is 2.10. The summed E-state index contributed by atoms with van der Waals surface area (Å²) in [4.78, 5) is 11.7. The summed E-state index contributed by atoms with van der Waals surface area (Å²) in [5.74, 6) is -0.148. The van der Waals surface area contributed by atoms with Gasteiger partial charge < -0.3 is 0 Å². The number of hydrogen-bond donors (Lipinski definition) is 1. The first-order chi connectivity index (χ1) is 7.65. The van der Waals surface area contributed by atoms with Gasteiger partial charge in [0.25, 0.3) is 5.91 Å². The minimum atomic E-state index is -0.148. The van der Waals surface area contributed by atoms with Crippen LogP contribution >= 0.6 is 0 Å². The molecule has 3 nitrogen and oxygen atoms in total. The van der Waals surface area contributed by atoms with Gasteiger partial charge in [-0.2, -0.15) is 5.10 Å². The maximum Gasteiger partial charge on any atom is 0.271 e. The summed E-state index contributed by atoms with van der Waals surface area (Å²) in [6.07, 6.45) is 3.64. The zero-order valence-electron chi connectivity index (χ0n) is 10.1. The minimum absolute atomic E-state index is 0.148. The highest BCUT2D eigenvalue weighted by atomic mass is 16.2. The van der Waals surface area contributed by atoms with Crippen molar-refractivity contribution in [1.29, 1.82) is 0 Å². The maximum atomic E-state index is 11.7. The Hall–Kier alpha value is -1.64. The van der Waals surface area contributed by atoms with Crippen molar-refractivity contribution in [1.82, 2.24) is 5.43 Å². The Bertz CT molecular complexity index is 397. The predicted octanol–water partition coefficient (Wildman–Crippen LogP) is 2.82. The van der Waals surface area contributed by atoms with Crippen molar-refractivity contribution >= 4 is 12.1 Å². The second kappa shape index (κ2) is 6.05. The fraction of sp³-hybridized carbons (Fsp3) is 0.385. The van der Waals surface area contributed by atoms with E-state index in [2.05, 4.69) is 17.5 Å². The molecule has 1 rings (SSSR count). The van der Waals surface area contributed by atoms with E-state index in [4.69, 9.17) is 0 Å². The van der Waals surface area contributed by atoms with Crippen molar-refractivity contribution in [2.45, 2.75) is 33.6 Å². The van der Waals surface area contributed by atoms with Crippen LogP contribution < -0.4 is 5.43 Å². The second-order valence-corrected chi connectivity index (χ2v) is 3.86. The number of carbonyl (C=O) groups is 1. The van der Waals surface area contributed by atoms with Crippen LogP contribution in [0.3, 0.4) is 0 Å². The Morgan fingerprint density at radius 3 is 2.81 bits per heavy atom. The number of hydrazone groups is 1. The number of rotatable bonds is 4. The Kier molecular flexibility index (Phi) is 4.70. The lowest BCUT2D eigenvalue weighted by Gasteiger charge is -2.04. The molecular formula is C13H18N2O. The zero-order valence-corrected chi connectivity index (χ0v) is 10.1. The van der Waals surface area contributed by atoms with Gasteiger partial charge in [-0.15, -0.1) is 0 Å². The Morgan fingerprint density at radius 2 is 2.19 bits per heavy atom. The summed E-state index contributed by atoms with van der Waals surface area (Å²) in [7, 11) is 0. The average molecular weight is 218 g/mol. The largest absolute Gasteiger partial charge is 0.271 e. The Balaban J connectivity index is 2.66. The molecule has 0 saturated carbocycles. The molecule has 0 fully saturated rings. The number of hydrogen-bond acceptors (Lipinski definition) is 2. The third kappa shape index (κ3) is 3.50. The van der Waals surface area contributed by atoms with Crippen molar-refractivity contribution < 1.29 is 4.79 Å². The molecular weight excluding hydrogens is 200 g/mol. The molecule has 0 aliphatic carbocycles. The molecule has 0 bridgehead atoms. The van der Waals surface area contributed by atoms with Gasteiger partial charge >= 0.3 is 0 Å². The van der Waals surface area contributed by atoms with E-state index >= 15 is 0 Å². The van der Waals surface area contributed by atoms with Crippen LogP contribution in [0, 0.1) is 13.8 Å². The van der Waals surface area contributed by atoms with Crippen LogP contribution in [0.4, 0.5) is 0 Å². The van der Waals surface area contributed by atoms with Gasteiger partial charge in [0, 0.05) is 11.8 Å². The van der Waals surface area contributed by atoms with E-state index in [-0.39, 0.29) is 5.91 Å². The van der Waals surface area contributed by atoms with Crippen LogP contribution in [0.1, 0.15) is 41.3 Å². The number of amides is 1. The molecule has 0 radical (unpaired) electrons. The molecule has 0 heterocycles. The molecule has 0 aliphatic heterocycles. The van der Waals surface area contributed by atoms with E-state index < -0.39 is 0 Å². The summed E-state index contributed by atoms with van der Waals surface area (Å²) in [6.45, 7) is 6.00. The summed E-state index contributed by atoms with van der Waals surface area (Å²) < 4.78 is 0. The van der Waals surface area contributed by atoms with Crippen molar-refractivity contribution in [3.05, 3.63) is 34.9 Å². The topological polar surface area (TPSA) is 41.5 Å². The van der Waals surface area contributed by atoms with Gasteiger partial charge in [-0.25, -0.2) is 5.43 Å². The zero-order chi connectivity index (χ0) is 12.0. The van der Waals surface area contributed by atoms with Crippen LogP contribution in [0.15, 0.2) is 23.3 Å². The van der Waals surface area contributed by atoms with E-state index in [0.29, 0.717) is 5.56 Å². The van der Waals surface area contributed by atoms with Gasteiger partial charge in [0.2, 0.25) is 0 Å². The van der Waals surface area contributed by atoms with Crippen molar-refractivity contribution in [3.63, 3.8) is 0 Å². The van der Waals surface area contributed by atoms with Gasteiger partial charge in [0.15, 0.2) is 0 Å². The number of nitrogens with zero attached hydrogens (tertiary/aromatic N) is 1. The van der Waals surface area contributed by atoms with Crippen LogP contribution in [-0.2, 0) is 0 Å². The SMILES string of the molecule is CCC/C=N/NC(=O)c1ccc(C)cc1C. The molecule has 0 unspecified atom stereocenters. The lowest BCUT2D eigenvalue weighted by atomic mass is 10.1. The molecule has 3 heteroatoms. The maximum absolute atomic E-state index is 11.7. The third-order valence-electron chi connectivity index (χ3n) is 2.30. The van der Waals surface area contributed by atoms with E-state index in [1.165, 1.54) is 0 Å². The summed E-state index contributed by atoms with van der Waals surface area (Å²) in [5, 5.41) is 3.88. The molecule has 1 amide bonds. The molecule has 1 N–H and O–H groups in total. The van der Waals surface area contributed by atoms with E-state index in [0.717, 1.165) is 24.0 Å². The molecule has 0 spiro atoms. The van der Waals surface area contributed by atoms with Crippen molar-refractivity contribution in [2.24, 2.45) is 5.10 Å². The first kappa shape index (κ1) is 12.4. The molecule has 0 atom stereocenters. The van der Waals surface area contributed by atoms with E-state index in [9.17, 15) is 4.79 Å². The standard InChI is InChI=1S/C13H18N2O/c1-4-5-8-14-15-13(16)12-7-6-10(2)9-11(12)3/h6-9H,4-5H2,1-3H3,(H,15,16)/b14-8+. The van der Waals surface area contributed by atoms with Gasteiger partial charge in [-0.1, -0.05) is 31.0 Å². The summed E-state index contributed by atoms with van der Waals surface area (Å²) >= 11 is 0. The van der Waals surface area contributed by atoms with Crippen LogP contribution in [0.5, 0.6) is 0 Å². The number of benzene rings is 1. The van der Waals surface area contributed by atoms with Crippen LogP contribution in [-0.4, -0.2) is 12.1 Å². The first-order valence-electron chi connectivity index (χ1n) is 5.54. The molecule has 1 aromatic carbocycles. The molecule has 86 valence electrons. The fourth-order valence-corrected chi connectivity index (χ4v) is 1.43. The molecule has 0 saturated heterocycles. The number of unbranched alkanes of at least 4 members (excludes halogenated alkanes) is 1. The number of aryl methyl sites for hydroxylation is 2. The Labute approximate surface area is 96.6 Å². The smallest absolute Gasteiger partial charge is 0.267 e. The van der Waals surface area contributed by atoms with Crippen LogP contribution in [0.2, 0.25) is 0 Å². The monoisotopic (exact) mass is 218 g/mol. The highest BCUT2D eigenvalue weighted by Gasteiger charge is 2.06. The lowest BCUT2D eigenvalue weighted by molar-refractivity contribution is 0.0954.